The van der Waals surface area contributed by atoms with Gasteiger partial charge in [0, 0.05) is 20.1 Å². The number of nitrogens with zero attached hydrogens (tertiary/aromatic N) is 3. The van der Waals surface area contributed by atoms with Crippen LogP contribution in [-0.2, 0) is 9.47 Å². The summed E-state index contributed by atoms with van der Waals surface area (Å²) in [5.74, 6) is 0. The minimum absolute atomic E-state index is 0.0580. The molecule has 1 aromatic heterocycles. The summed E-state index contributed by atoms with van der Waals surface area (Å²) in [5.41, 5.74) is 5.15. The Morgan fingerprint density at radius 3 is 2.54 bits per heavy atom. The third kappa shape index (κ3) is 4.67. The summed E-state index contributed by atoms with van der Waals surface area (Å²) in [7, 11) is 1.70. The molecular weight excluding hydrogens is 390 g/mol. The fourth-order valence-corrected chi connectivity index (χ4v) is 3.89. The van der Waals surface area contributed by atoms with Crippen molar-refractivity contribution in [2.45, 2.75) is 50.4 Å². The molecule has 2 heterocycles. The van der Waals surface area contributed by atoms with Crippen molar-refractivity contribution in [3.63, 3.8) is 0 Å². The van der Waals surface area contributed by atoms with Crippen molar-refractivity contribution >= 4 is 29.5 Å². The number of hydrogen-bond donors (Lipinski definition) is 2. The first-order valence-electron chi connectivity index (χ1n) is 9.22. The highest BCUT2D eigenvalue weighted by atomic mass is 35.5. The molecule has 1 saturated heterocycles. The normalized spacial score (nSPS) is 24.6. The van der Waals surface area contributed by atoms with Crippen LogP contribution in [-0.4, -0.2) is 65.7 Å². The predicted octanol–water partition coefficient (Wildman–Crippen LogP) is 1.48. The summed E-state index contributed by atoms with van der Waals surface area (Å²) in [6, 6.07) is -0.0580. The predicted molar refractivity (Wildman–Crippen MR) is 101 cm³/mol. The van der Waals surface area contributed by atoms with Gasteiger partial charge in [0.1, 0.15) is 17.2 Å². The number of nitrogens with one attached hydrogen (secondary N) is 1. The van der Waals surface area contributed by atoms with Gasteiger partial charge in [-0.3, -0.25) is 4.79 Å². The second kappa shape index (κ2) is 8.68. The Morgan fingerprint density at radius 1 is 1.25 bits per heavy atom. The molecule has 2 aliphatic rings. The van der Waals surface area contributed by atoms with E-state index in [0.717, 1.165) is 6.42 Å². The fraction of sp³-hybridized carbons (Fsp3) is 0.647. The van der Waals surface area contributed by atoms with Gasteiger partial charge in [0.2, 0.25) is 0 Å². The van der Waals surface area contributed by atoms with Crippen molar-refractivity contribution in [3.8, 4) is 0 Å². The van der Waals surface area contributed by atoms with E-state index in [1.807, 2.05) is 4.90 Å². The molecule has 0 bridgehead atoms. The Bertz CT molecular complexity index is 779. The van der Waals surface area contributed by atoms with Crippen LogP contribution in [0.1, 0.15) is 32.1 Å². The zero-order chi connectivity index (χ0) is 20.3. The van der Waals surface area contributed by atoms with E-state index in [1.54, 1.807) is 11.9 Å². The third-order valence-electron chi connectivity index (χ3n) is 5.29. The number of H-pyrrole nitrogens is 1. The lowest BCUT2D eigenvalue weighted by atomic mass is 9.95. The van der Waals surface area contributed by atoms with Crippen molar-refractivity contribution in [3.05, 3.63) is 21.6 Å². The number of carbonyl (C=O) groups is 2. The Balaban J connectivity index is 1.50. The summed E-state index contributed by atoms with van der Waals surface area (Å²) in [5, 5.41) is 6.17. The molecule has 0 unspecified atom stereocenters. The molecule has 11 heteroatoms. The smallest absolute Gasteiger partial charge is 0.410 e. The van der Waals surface area contributed by atoms with Gasteiger partial charge >= 0.3 is 12.2 Å². The number of aromatic nitrogens is 2. The Morgan fingerprint density at radius 2 is 1.89 bits per heavy atom. The van der Waals surface area contributed by atoms with Gasteiger partial charge in [0.25, 0.3) is 5.56 Å². The molecule has 2 amide bonds. The van der Waals surface area contributed by atoms with Crippen LogP contribution < -0.4 is 16.2 Å². The molecule has 1 aliphatic carbocycles. The molecule has 1 saturated carbocycles. The molecule has 1 atom stereocenters. The molecule has 154 valence electrons. The van der Waals surface area contributed by atoms with Crippen LogP contribution in [0.25, 0.3) is 0 Å². The van der Waals surface area contributed by atoms with Crippen molar-refractivity contribution in [2.24, 2.45) is 5.73 Å². The minimum Gasteiger partial charge on any atom is -0.446 e. The number of ether oxygens (including phenoxy) is 2. The molecular formula is C17H24ClN5O5. The lowest BCUT2D eigenvalue weighted by Crippen LogP contribution is -2.41. The van der Waals surface area contributed by atoms with E-state index in [0.29, 0.717) is 44.5 Å². The van der Waals surface area contributed by atoms with Crippen LogP contribution in [0, 0.1) is 0 Å². The average Bonchev–Trinajstić information content (AvgIpc) is 3.14. The van der Waals surface area contributed by atoms with E-state index >= 15 is 0 Å². The summed E-state index contributed by atoms with van der Waals surface area (Å²) < 4.78 is 10.6. The first kappa shape index (κ1) is 20.2. The lowest BCUT2D eigenvalue weighted by molar-refractivity contribution is 0.0104. The molecule has 28 heavy (non-hydrogen) atoms. The number of nitrogens with two attached hydrogens (primary N) is 1. The maximum atomic E-state index is 12.5. The second-order valence-electron chi connectivity index (χ2n) is 7.12. The highest BCUT2D eigenvalue weighted by Gasteiger charge is 2.33. The summed E-state index contributed by atoms with van der Waals surface area (Å²) >= 11 is 6.07. The van der Waals surface area contributed by atoms with Gasteiger partial charge in [0.15, 0.2) is 0 Å². The van der Waals surface area contributed by atoms with Crippen LogP contribution in [0.4, 0.5) is 15.3 Å². The molecule has 1 aromatic rings. The average molecular weight is 414 g/mol. The maximum absolute atomic E-state index is 12.5. The second-order valence-corrected chi connectivity index (χ2v) is 7.50. The largest absolute Gasteiger partial charge is 0.446 e. The van der Waals surface area contributed by atoms with Gasteiger partial charge in [0.05, 0.1) is 17.9 Å². The lowest BCUT2D eigenvalue weighted by Gasteiger charge is -2.30. The van der Waals surface area contributed by atoms with E-state index in [4.69, 9.17) is 26.8 Å². The third-order valence-corrected chi connectivity index (χ3v) is 5.65. The van der Waals surface area contributed by atoms with Gasteiger partial charge in [-0.05, 0) is 32.1 Å². The zero-order valence-electron chi connectivity index (χ0n) is 15.6. The number of rotatable bonds is 4. The molecule has 0 spiro atoms. The maximum Gasteiger partial charge on any atom is 0.410 e. The zero-order valence-corrected chi connectivity index (χ0v) is 16.4. The van der Waals surface area contributed by atoms with Crippen LogP contribution in [0.3, 0.4) is 0 Å². The van der Waals surface area contributed by atoms with Crippen LogP contribution >= 0.6 is 11.6 Å². The molecule has 0 aromatic carbocycles. The number of primary amides is 1. The van der Waals surface area contributed by atoms with E-state index in [9.17, 15) is 14.4 Å². The van der Waals surface area contributed by atoms with Crippen LogP contribution in [0.5, 0.6) is 0 Å². The standard InChI is InChI=1S/C17H24ClN5O5/c1-22(17(26)28-12-4-2-11(3-5-12)27-16(19)25)10-6-7-23(9-10)13-8-20-21-15(24)14(13)18/h8,10-12H,2-7,9H2,1H3,(H2,19,25)(H,21,24)/t10-,11?,12?/m1/s1. The van der Waals surface area contributed by atoms with E-state index in [-0.39, 0.29) is 29.4 Å². The number of aromatic amines is 1. The number of halogens is 1. The summed E-state index contributed by atoms with van der Waals surface area (Å²) in [6.07, 6.45) is 3.16. The molecule has 2 fully saturated rings. The van der Waals surface area contributed by atoms with E-state index in [1.165, 1.54) is 6.20 Å². The summed E-state index contributed by atoms with van der Waals surface area (Å²) in [4.78, 5) is 38.5. The molecule has 10 nitrogen and oxygen atoms in total. The Hall–Kier alpha value is -2.49. The molecule has 3 N–H and O–H groups in total. The highest BCUT2D eigenvalue weighted by Crippen LogP contribution is 2.28. The monoisotopic (exact) mass is 413 g/mol. The number of amides is 2. The summed E-state index contributed by atoms with van der Waals surface area (Å²) in [6.45, 7) is 1.19. The van der Waals surface area contributed by atoms with Gasteiger partial charge < -0.3 is 25.0 Å². The number of anilines is 1. The van der Waals surface area contributed by atoms with Crippen molar-refractivity contribution in [2.75, 3.05) is 25.0 Å². The van der Waals surface area contributed by atoms with Crippen LogP contribution in [0.2, 0.25) is 5.02 Å². The van der Waals surface area contributed by atoms with Crippen LogP contribution in [0.15, 0.2) is 11.0 Å². The van der Waals surface area contributed by atoms with Crippen molar-refractivity contribution in [1.82, 2.24) is 15.1 Å². The van der Waals surface area contributed by atoms with Gasteiger partial charge in [-0.2, -0.15) is 5.10 Å². The van der Waals surface area contributed by atoms with Gasteiger partial charge in [-0.25, -0.2) is 14.7 Å². The number of carbonyl (C=O) groups excluding carboxylic acids is 2. The molecule has 1 aliphatic heterocycles. The SMILES string of the molecule is CN(C(=O)OC1CCC(OC(N)=O)CC1)[C@@H]1CCN(c2cn[nH]c(=O)c2Cl)C1. The first-order valence-corrected chi connectivity index (χ1v) is 9.60. The number of hydrogen-bond acceptors (Lipinski definition) is 7. The Kier molecular flexibility index (Phi) is 6.28. The Labute approximate surface area is 166 Å². The van der Waals surface area contributed by atoms with Gasteiger partial charge in [-0.1, -0.05) is 11.6 Å². The number of likely N-dealkylation sites (N-methyl/N-ethyl adjacent to an activating group) is 1. The minimum atomic E-state index is -0.776. The van der Waals surface area contributed by atoms with Crippen molar-refractivity contribution < 1.29 is 19.1 Å². The highest BCUT2D eigenvalue weighted by molar-refractivity contribution is 6.33. The molecule has 3 rings (SSSR count). The van der Waals surface area contributed by atoms with Gasteiger partial charge in [-0.15, -0.1) is 0 Å². The van der Waals surface area contributed by atoms with E-state index < -0.39 is 11.7 Å². The molecule has 0 radical (unpaired) electrons. The quantitative estimate of drug-likeness (QED) is 0.764. The van der Waals surface area contributed by atoms with E-state index in [2.05, 4.69) is 10.2 Å². The first-order chi connectivity index (χ1) is 13.3. The topological polar surface area (TPSA) is 131 Å². The fourth-order valence-electron chi connectivity index (χ4n) is 3.68. The van der Waals surface area contributed by atoms with Crippen molar-refractivity contribution in [1.29, 1.82) is 0 Å².